The fourth-order valence-corrected chi connectivity index (χ4v) is 3.81. The second kappa shape index (κ2) is 7.59. The van der Waals surface area contributed by atoms with Crippen molar-refractivity contribution in [2.24, 2.45) is 13.0 Å². The molecule has 32 heavy (non-hydrogen) atoms. The Bertz CT molecular complexity index is 1330. The quantitative estimate of drug-likeness (QED) is 0.551. The van der Waals surface area contributed by atoms with E-state index in [2.05, 4.69) is 30.9 Å². The molecule has 0 saturated heterocycles. The topological polar surface area (TPSA) is 130 Å². The Morgan fingerprint density at radius 2 is 2.09 bits per heavy atom. The molecule has 11 nitrogen and oxygen atoms in total. The van der Waals surface area contributed by atoms with Crippen molar-refractivity contribution in [3.05, 3.63) is 35.8 Å². The van der Waals surface area contributed by atoms with Gasteiger partial charge in [-0.15, -0.1) is 10.2 Å². The molecule has 1 saturated carbocycles. The minimum atomic E-state index is -2.71. The van der Waals surface area contributed by atoms with Crippen molar-refractivity contribution < 1.29 is 13.7 Å². The van der Waals surface area contributed by atoms with E-state index in [1.165, 1.54) is 6.07 Å². The molecule has 2 amide bonds. The Morgan fingerprint density at radius 3 is 2.88 bits per heavy atom. The van der Waals surface area contributed by atoms with Crippen LogP contribution in [0.15, 0.2) is 24.5 Å². The van der Waals surface area contributed by atoms with Crippen LogP contribution in [0.2, 0.25) is 0 Å². The molecule has 0 radical (unpaired) electrons. The van der Waals surface area contributed by atoms with Crippen LogP contribution in [-0.4, -0.2) is 50.8 Å². The first kappa shape index (κ1) is 16.6. The summed E-state index contributed by atoms with van der Waals surface area (Å²) in [5, 5.41) is 20.1. The highest BCUT2D eigenvalue weighted by atomic mass is 16.2. The minimum absolute atomic E-state index is 0.0595. The number of aromatic nitrogens is 5. The molecule has 0 aromatic carbocycles. The Balaban J connectivity index is 1.54. The van der Waals surface area contributed by atoms with Crippen LogP contribution in [0.3, 0.4) is 0 Å². The number of rotatable bonds is 5. The summed E-state index contributed by atoms with van der Waals surface area (Å²) in [5.41, 5.74) is 3.39. The molecule has 3 N–H and O–H groups in total. The maximum absolute atomic E-state index is 12.7. The largest absolute Gasteiger partial charge is 0.367 e. The first-order valence-electron chi connectivity index (χ1n) is 11.6. The average Bonchev–Trinajstić information content (AvgIpc) is 3.55. The highest BCUT2D eigenvalue weighted by Gasteiger charge is 2.30. The minimum Gasteiger partial charge on any atom is -0.367 e. The first-order valence-corrected chi connectivity index (χ1v) is 10.1. The zero-order chi connectivity index (χ0) is 24.9. The molecular weight excluding hydrogens is 410 g/mol. The average molecular weight is 436 g/mol. The highest BCUT2D eigenvalue weighted by Crippen LogP contribution is 2.42. The summed E-state index contributed by atoms with van der Waals surface area (Å²) in [7, 11) is 3.77. The van der Waals surface area contributed by atoms with Gasteiger partial charge in [-0.25, -0.2) is 4.98 Å². The molecule has 11 heteroatoms. The SMILES string of the molecule is [2H]C([2H])([2H])NC(=O)c1nnc(NC(=O)C2CC2)cc1Nc1nccc2c1N(C)Cc1cn(C)nc1-2. The van der Waals surface area contributed by atoms with Crippen molar-refractivity contribution >= 4 is 34.8 Å². The Labute approximate surface area is 188 Å². The van der Waals surface area contributed by atoms with Gasteiger partial charge in [-0.1, -0.05) is 0 Å². The lowest BCUT2D eigenvalue weighted by molar-refractivity contribution is -0.117. The predicted molar refractivity (Wildman–Crippen MR) is 119 cm³/mol. The molecule has 0 spiro atoms. The van der Waals surface area contributed by atoms with Crippen LogP contribution in [0.25, 0.3) is 11.3 Å². The summed E-state index contributed by atoms with van der Waals surface area (Å²) >= 11 is 0. The van der Waals surface area contributed by atoms with E-state index < -0.39 is 12.9 Å². The van der Waals surface area contributed by atoms with Gasteiger partial charge in [0.25, 0.3) is 5.91 Å². The Morgan fingerprint density at radius 1 is 1.25 bits per heavy atom. The van der Waals surface area contributed by atoms with E-state index in [0.29, 0.717) is 12.4 Å². The van der Waals surface area contributed by atoms with Crippen molar-refractivity contribution in [2.45, 2.75) is 19.4 Å². The second-order valence-corrected chi connectivity index (χ2v) is 7.92. The van der Waals surface area contributed by atoms with Crippen LogP contribution in [0.4, 0.5) is 23.0 Å². The van der Waals surface area contributed by atoms with Gasteiger partial charge in [0.1, 0.15) is 0 Å². The lowest BCUT2D eigenvalue weighted by atomic mass is 10.0. The maximum Gasteiger partial charge on any atom is 0.273 e. The number of nitrogens with one attached hydrogen (secondary N) is 3. The number of nitrogens with zero attached hydrogens (tertiary/aromatic N) is 6. The zero-order valence-corrected chi connectivity index (χ0v) is 17.5. The molecular formula is C21H23N9O2. The van der Waals surface area contributed by atoms with E-state index >= 15 is 0 Å². The van der Waals surface area contributed by atoms with Gasteiger partial charge in [0.2, 0.25) is 5.91 Å². The zero-order valence-electron chi connectivity index (χ0n) is 20.5. The smallest absolute Gasteiger partial charge is 0.273 e. The molecule has 3 aromatic heterocycles. The van der Waals surface area contributed by atoms with E-state index in [1.807, 2.05) is 36.6 Å². The number of hydrogen-bond donors (Lipinski definition) is 3. The number of carbonyl (C=O) groups excluding carboxylic acids is 2. The number of amides is 2. The Kier molecular flexibility index (Phi) is 3.95. The molecule has 0 unspecified atom stereocenters. The van der Waals surface area contributed by atoms with Gasteiger partial charge in [0.15, 0.2) is 17.3 Å². The number of pyridine rings is 1. The van der Waals surface area contributed by atoms with Crippen molar-refractivity contribution in [1.29, 1.82) is 0 Å². The monoisotopic (exact) mass is 436 g/mol. The summed E-state index contributed by atoms with van der Waals surface area (Å²) in [4.78, 5) is 31.4. The third-order valence-electron chi connectivity index (χ3n) is 5.45. The molecule has 1 aliphatic heterocycles. The summed E-state index contributed by atoms with van der Waals surface area (Å²) in [6.07, 6.45) is 5.20. The fourth-order valence-electron chi connectivity index (χ4n) is 3.81. The summed E-state index contributed by atoms with van der Waals surface area (Å²) in [6, 6.07) is 3.30. The number of hydrogen-bond acceptors (Lipinski definition) is 8. The van der Waals surface area contributed by atoms with Crippen molar-refractivity contribution in [1.82, 2.24) is 30.3 Å². The molecule has 3 aromatic rings. The van der Waals surface area contributed by atoms with Gasteiger partial charge in [0.05, 0.1) is 17.1 Å². The van der Waals surface area contributed by atoms with Crippen LogP contribution in [0.5, 0.6) is 0 Å². The van der Waals surface area contributed by atoms with Gasteiger partial charge in [-0.3, -0.25) is 14.3 Å². The van der Waals surface area contributed by atoms with Gasteiger partial charge < -0.3 is 20.9 Å². The van der Waals surface area contributed by atoms with Gasteiger partial charge in [-0.2, -0.15) is 5.10 Å². The molecule has 4 heterocycles. The van der Waals surface area contributed by atoms with E-state index in [-0.39, 0.29) is 29.0 Å². The van der Waals surface area contributed by atoms with Gasteiger partial charge in [0, 0.05) is 67.2 Å². The van der Waals surface area contributed by atoms with Crippen LogP contribution in [0.1, 0.15) is 33.0 Å². The normalized spacial score (nSPS) is 16.2. The third-order valence-corrected chi connectivity index (χ3v) is 5.45. The molecule has 1 aliphatic carbocycles. The second-order valence-electron chi connectivity index (χ2n) is 7.92. The van der Waals surface area contributed by atoms with Gasteiger partial charge in [-0.05, 0) is 18.9 Å². The molecule has 5 rings (SSSR count). The Hall–Kier alpha value is -4.02. The number of carbonyl (C=O) groups is 2. The van der Waals surface area contributed by atoms with Crippen LogP contribution >= 0.6 is 0 Å². The lowest BCUT2D eigenvalue weighted by Gasteiger charge is -2.28. The van der Waals surface area contributed by atoms with Crippen molar-refractivity contribution in [3.63, 3.8) is 0 Å². The van der Waals surface area contributed by atoms with Crippen molar-refractivity contribution in [3.8, 4) is 11.3 Å². The molecule has 164 valence electrons. The standard InChI is InChI=1S/C21H23N9O2/c1-22-21(32)17-14(8-15(26-27-17)25-20(31)11-4-5-11)24-19-18-13(6-7-23-19)16-12(9-29(18)2)10-30(3)28-16/h6-8,10-11H,4-5,9H2,1-3H3,(H,22,32)(H2,23,24,25,26,31)/i1D3. The number of aryl methyl sites for hydroxylation is 1. The van der Waals surface area contributed by atoms with Crippen LogP contribution < -0.4 is 20.9 Å². The molecule has 0 atom stereocenters. The lowest BCUT2D eigenvalue weighted by Crippen LogP contribution is -2.24. The fraction of sp³-hybridized carbons (Fsp3) is 0.333. The molecule has 2 aliphatic rings. The first-order chi connectivity index (χ1) is 16.6. The van der Waals surface area contributed by atoms with Crippen LogP contribution in [0, 0.1) is 5.92 Å². The van der Waals surface area contributed by atoms with E-state index in [0.717, 1.165) is 35.3 Å². The van der Waals surface area contributed by atoms with Crippen molar-refractivity contribution in [2.75, 3.05) is 29.6 Å². The summed E-state index contributed by atoms with van der Waals surface area (Å²) in [6.45, 7) is -2.12. The number of fused-ring (bicyclic) bond motifs is 3. The van der Waals surface area contributed by atoms with E-state index in [4.69, 9.17) is 4.11 Å². The van der Waals surface area contributed by atoms with Crippen LogP contribution in [-0.2, 0) is 18.4 Å². The third kappa shape index (κ3) is 3.51. The predicted octanol–water partition coefficient (Wildman–Crippen LogP) is 1.67. The molecule has 0 bridgehead atoms. The van der Waals surface area contributed by atoms with Gasteiger partial charge >= 0.3 is 0 Å². The van der Waals surface area contributed by atoms with E-state index in [9.17, 15) is 9.59 Å². The summed E-state index contributed by atoms with van der Waals surface area (Å²) in [5.74, 6) is -0.625. The highest BCUT2D eigenvalue weighted by molar-refractivity contribution is 6.00. The molecule has 1 fully saturated rings. The summed E-state index contributed by atoms with van der Waals surface area (Å²) < 4.78 is 23.8. The number of anilines is 4. The maximum atomic E-state index is 12.7. The van der Waals surface area contributed by atoms with E-state index in [1.54, 1.807) is 10.9 Å².